The van der Waals surface area contributed by atoms with E-state index in [2.05, 4.69) is 31.1 Å². The summed E-state index contributed by atoms with van der Waals surface area (Å²) in [6, 6.07) is 3.05. The maximum atomic E-state index is 10.9. The summed E-state index contributed by atoms with van der Waals surface area (Å²) in [5.74, 6) is 0.357. The molecule has 0 aliphatic carbocycles. The second kappa shape index (κ2) is 7.07. The molecule has 0 aliphatic rings. The van der Waals surface area contributed by atoms with Crippen LogP contribution in [0.1, 0.15) is 46.5 Å². The van der Waals surface area contributed by atoms with E-state index in [1.807, 2.05) is 0 Å². The van der Waals surface area contributed by atoms with Crippen LogP contribution < -0.4 is 5.32 Å². The predicted molar refractivity (Wildman–Crippen MR) is 77.3 cm³/mol. The number of unbranched alkanes of at least 4 members (excludes halogenated alkanes) is 2. The fourth-order valence-corrected chi connectivity index (χ4v) is 1.95. The molecule has 106 valence electrons. The lowest BCUT2D eigenvalue weighted by Gasteiger charge is -2.25. The summed E-state index contributed by atoms with van der Waals surface area (Å²) in [6.45, 7) is 7.21. The van der Waals surface area contributed by atoms with Gasteiger partial charge in [0, 0.05) is 18.8 Å². The van der Waals surface area contributed by atoms with Crippen LogP contribution in [0.4, 0.5) is 11.5 Å². The average Bonchev–Trinajstić information content (AvgIpc) is 2.37. The van der Waals surface area contributed by atoms with Crippen molar-refractivity contribution in [1.82, 2.24) is 4.98 Å². The summed E-state index contributed by atoms with van der Waals surface area (Å²) < 4.78 is 0. The van der Waals surface area contributed by atoms with Crippen molar-refractivity contribution in [2.45, 2.75) is 46.5 Å². The maximum absolute atomic E-state index is 10.9. The molecule has 0 radical (unpaired) electrons. The zero-order valence-corrected chi connectivity index (χ0v) is 12.0. The number of aromatic nitrogens is 1. The van der Waals surface area contributed by atoms with Crippen molar-refractivity contribution in [3.63, 3.8) is 0 Å². The largest absolute Gasteiger partial charge is 0.364 e. The lowest BCUT2D eigenvalue weighted by atomic mass is 9.87. The molecular weight excluding hydrogens is 242 g/mol. The van der Waals surface area contributed by atoms with Crippen LogP contribution in [-0.2, 0) is 0 Å². The Morgan fingerprint density at radius 3 is 2.79 bits per heavy atom. The first-order chi connectivity index (χ1) is 8.96. The molecular formula is C14H23N3O2. The molecule has 1 aromatic rings. The van der Waals surface area contributed by atoms with Gasteiger partial charge in [-0.25, -0.2) is 4.98 Å². The van der Waals surface area contributed by atoms with Gasteiger partial charge in [-0.2, -0.15) is 0 Å². The minimum absolute atomic E-state index is 0.0341. The van der Waals surface area contributed by atoms with Gasteiger partial charge in [0.1, 0.15) is 0 Å². The van der Waals surface area contributed by atoms with Crippen LogP contribution in [0.15, 0.2) is 18.3 Å². The SMILES string of the molecule is CCCCCC(C)(C)CNc1ncccc1[N+](=O)[O-]. The van der Waals surface area contributed by atoms with Crippen molar-refractivity contribution in [3.8, 4) is 0 Å². The lowest BCUT2D eigenvalue weighted by Crippen LogP contribution is -2.23. The summed E-state index contributed by atoms with van der Waals surface area (Å²) in [5, 5.41) is 14.0. The lowest BCUT2D eigenvalue weighted by molar-refractivity contribution is -0.384. The van der Waals surface area contributed by atoms with Crippen molar-refractivity contribution in [2.24, 2.45) is 5.41 Å². The highest BCUT2D eigenvalue weighted by atomic mass is 16.6. The number of nitrogens with one attached hydrogen (secondary N) is 1. The summed E-state index contributed by atoms with van der Waals surface area (Å²) >= 11 is 0. The van der Waals surface area contributed by atoms with Crippen LogP contribution in [0.25, 0.3) is 0 Å². The van der Waals surface area contributed by atoms with Crippen molar-refractivity contribution in [3.05, 3.63) is 28.4 Å². The Morgan fingerprint density at radius 1 is 1.42 bits per heavy atom. The quantitative estimate of drug-likeness (QED) is 0.438. The third-order valence-electron chi connectivity index (χ3n) is 3.17. The molecule has 0 bridgehead atoms. The van der Waals surface area contributed by atoms with Crippen LogP contribution in [0.5, 0.6) is 0 Å². The molecule has 0 fully saturated rings. The molecule has 0 spiro atoms. The number of nitrogens with zero attached hydrogens (tertiary/aromatic N) is 2. The molecule has 0 atom stereocenters. The maximum Gasteiger partial charge on any atom is 0.311 e. The fraction of sp³-hybridized carbons (Fsp3) is 0.643. The average molecular weight is 265 g/mol. The topological polar surface area (TPSA) is 68.1 Å². The van der Waals surface area contributed by atoms with Gasteiger partial charge in [0.05, 0.1) is 4.92 Å². The smallest absolute Gasteiger partial charge is 0.311 e. The monoisotopic (exact) mass is 265 g/mol. The van der Waals surface area contributed by atoms with Gasteiger partial charge in [0.15, 0.2) is 0 Å². The third kappa shape index (κ3) is 5.24. The van der Waals surface area contributed by atoms with E-state index >= 15 is 0 Å². The van der Waals surface area contributed by atoms with Crippen molar-refractivity contribution >= 4 is 11.5 Å². The second-order valence-electron chi connectivity index (χ2n) is 5.60. The molecule has 5 nitrogen and oxygen atoms in total. The number of anilines is 1. The predicted octanol–water partition coefficient (Wildman–Crippen LogP) is 4.01. The highest BCUT2D eigenvalue weighted by Gasteiger charge is 2.20. The zero-order chi connectivity index (χ0) is 14.3. The van der Waals surface area contributed by atoms with E-state index in [9.17, 15) is 10.1 Å². The molecule has 1 rings (SSSR count). The molecule has 5 heteroatoms. The van der Waals surface area contributed by atoms with E-state index in [4.69, 9.17) is 0 Å². The molecule has 1 N–H and O–H groups in total. The summed E-state index contributed by atoms with van der Waals surface area (Å²) in [7, 11) is 0. The Labute approximate surface area is 114 Å². The van der Waals surface area contributed by atoms with Crippen molar-refractivity contribution in [1.29, 1.82) is 0 Å². The molecule has 1 heterocycles. The van der Waals surface area contributed by atoms with Crippen LogP contribution in [0.2, 0.25) is 0 Å². The van der Waals surface area contributed by atoms with Gasteiger partial charge < -0.3 is 5.32 Å². The van der Waals surface area contributed by atoms with Crippen LogP contribution in [0.3, 0.4) is 0 Å². The molecule has 1 aromatic heterocycles. The zero-order valence-electron chi connectivity index (χ0n) is 12.0. The summed E-state index contributed by atoms with van der Waals surface area (Å²) in [6.07, 6.45) is 6.30. The van der Waals surface area contributed by atoms with E-state index in [-0.39, 0.29) is 11.1 Å². The third-order valence-corrected chi connectivity index (χ3v) is 3.17. The van der Waals surface area contributed by atoms with Crippen LogP contribution in [0, 0.1) is 15.5 Å². The van der Waals surface area contributed by atoms with Gasteiger partial charge in [-0.05, 0) is 17.9 Å². The molecule has 0 aliphatic heterocycles. The van der Waals surface area contributed by atoms with Crippen LogP contribution in [-0.4, -0.2) is 16.5 Å². The van der Waals surface area contributed by atoms with E-state index in [0.29, 0.717) is 12.4 Å². The number of pyridine rings is 1. The highest BCUT2D eigenvalue weighted by molar-refractivity contribution is 5.55. The Bertz CT molecular complexity index is 419. The van der Waals surface area contributed by atoms with Gasteiger partial charge in [0.2, 0.25) is 5.82 Å². The Morgan fingerprint density at radius 2 is 2.16 bits per heavy atom. The standard InChI is InChI=1S/C14H23N3O2/c1-4-5-6-9-14(2,3)11-16-13-12(17(18)19)8-7-10-15-13/h7-8,10H,4-6,9,11H2,1-3H3,(H,15,16). The molecule has 0 aromatic carbocycles. The van der Waals surface area contributed by atoms with E-state index in [1.54, 1.807) is 12.3 Å². The Balaban J connectivity index is 2.58. The number of rotatable bonds is 8. The second-order valence-corrected chi connectivity index (χ2v) is 5.60. The van der Waals surface area contributed by atoms with Gasteiger partial charge in [-0.15, -0.1) is 0 Å². The van der Waals surface area contributed by atoms with Crippen molar-refractivity contribution in [2.75, 3.05) is 11.9 Å². The first-order valence-electron chi connectivity index (χ1n) is 6.79. The Hall–Kier alpha value is -1.65. The first-order valence-corrected chi connectivity index (χ1v) is 6.79. The minimum atomic E-state index is -0.403. The highest BCUT2D eigenvalue weighted by Crippen LogP contribution is 2.26. The van der Waals surface area contributed by atoms with Gasteiger partial charge in [-0.1, -0.05) is 40.0 Å². The van der Waals surface area contributed by atoms with Gasteiger partial charge in [-0.3, -0.25) is 10.1 Å². The van der Waals surface area contributed by atoms with Crippen LogP contribution >= 0.6 is 0 Å². The molecule has 0 saturated heterocycles. The first kappa shape index (κ1) is 15.4. The summed E-state index contributed by atoms with van der Waals surface area (Å²) in [5.41, 5.74) is 0.146. The van der Waals surface area contributed by atoms with Gasteiger partial charge in [0.25, 0.3) is 0 Å². The number of hydrogen-bond acceptors (Lipinski definition) is 4. The van der Waals surface area contributed by atoms with Gasteiger partial charge >= 0.3 is 5.69 Å². The number of hydrogen-bond donors (Lipinski definition) is 1. The normalized spacial score (nSPS) is 11.3. The minimum Gasteiger partial charge on any atom is -0.364 e. The molecule has 0 unspecified atom stereocenters. The molecule has 19 heavy (non-hydrogen) atoms. The Kier molecular flexibility index (Phi) is 5.73. The molecule has 0 amide bonds. The molecule has 0 saturated carbocycles. The van der Waals surface area contributed by atoms with E-state index in [1.165, 1.54) is 25.3 Å². The van der Waals surface area contributed by atoms with E-state index < -0.39 is 4.92 Å². The van der Waals surface area contributed by atoms with Crippen molar-refractivity contribution < 1.29 is 4.92 Å². The summed E-state index contributed by atoms with van der Waals surface area (Å²) in [4.78, 5) is 14.5. The fourth-order valence-electron chi connectivity index (χ4n) is 1.95. The number of nitro groups is 1. The van der Waals surface area contributed by atoms with E-state index in [0.717, 1.165) is 6.42 Å².